The van der Waals surface area contributed by atoms with E-state index in [4.69, 9.17) is 9.84 Å². The van der Waals surface area contributed by atoms with Gasteiger partial charge in [0.05, 0.1) is 23.6 Å². The van der Waals surface area contributed by atoms with Crippen molar-refractivity contribution in [2.24, 2.45) is 0 Å². The van der Waals surface area contributed by atoms with Gasteiger partial charge in [0.15, 0.2) is 17.1 Å². The maximum absolute atomic E-state index is 12.8. The van der Waals surface area contributed by atoms with Crippen molar-refractivity contribution in [3.63, 3.8) is 0 Å². The largest absolute Gasteiger partial charge is 0.378 e. The Bertz CT molecular complexity index is 1150. The molecule has 0 N–H and O–H groups in total. The predicted molar refractivity (Wildman–Crippen MR) is 107 cm³/mol. The van der Waals surface area contributed by atoms with E-state index >= 15 is 0 Å². The van der Waals surface area contributed by atoms with E-state index in [9.17, 15) is 4.79 Å². The van der Waals surface area contributed by atoms with Crippen molar-refractivity contribution < 1.29 is 9.53 Å². The Balaban J connectivity index is 1.71. The lowest BCUT2D eigenvalue weighted by Crippen LogP contribution is -2.23. The third-order valence-electron chi connectivity index (χ3n) is 5.13. The second-order valence-corrected chi connectivity index (χ2v) is 7.87. The number of methoxy groups -OCH3 is 1. The Kier molecular flexibility index (Phi) is 4.26. The Hall–Kier alpha value is -2.90. The van der Waals surface area contributed by atoms with Gasteiger partial charge >= 0.3 is 0 Å². The van der Waals surface area contributed by atoms with E-state index in [1.54, 1.807) is 23.0 Å². The molecule has 28 heavy (non-hydrogen) atoms. The summed E-state index contributed by atoms with van der Waals surface area (Å²) in [5.74, 6) is 0.182. The minimum absolute atomic E-state index is 0.0269. The van der Waals surface area contributed by atoms with Crippen molar-refractivity contribution in [1.82, 2.24) is 19.8 Å². The van der Waals surface area contributed by atoms with Gasteiger partial charge in [-0.3, -0.25) is 4.79 Å². The molecule has 3 aromatic heterocycles. The van der Waals surface area contributed by atoms with Gasteiger partial charge in [0.25, 0.3) is 0 Å². The maximum atomic E-state index is 12.8. The molecule has 1 aliphatic rings. The zero-order chi connectivity index (χ0) is 19.1. The monoisotopic (exact) mass is 390 g/mol. The molecule has 0 bridgehead atoms. The minimum Gasteiger partial charge on any atom is -0.378 e. The molecule has 1 unspecified atom stereocenters. The van der Waals surface area contributed by atoms with Crippen LogP contribution in [-0.2, 0) is 17.8 Å². The average molecular weight is 390 g/mol. The van der Waals surface area contributed by atoms with Crippen LogP contribution in [0, 0.1) is 0 Å². The topological polar surface area (TPSA) is 69.4 Å². The lowest BCUT2D eigenvalue weighted by atomic mass is 9.87. The number of ether oxygens (including phenoxy) is 1. The van der Waals surface area contributed by atoms with Gasteiger partial charge in [-0.05, 0) is 17.0 Å². The Labute approximate surface area is 165 Å². The molecule has 0 spiro atoms. The highest BCUT2D eigenvalue weighted by atomic mass is 32.1. The van der Waals surface area contributed by atoms with E-state index in [-0.39, 0.29) is 11.7 Å². The standard InChI is InChI=1S/C21H18N4O2S/c1-27-12-15-19(13-6-3-2-4-7-13)21-23-22-20-16(25(21)24-15)10-14(11-17(20)26)18-8-5-9-28-18/h2-9,14H,10-12H2,1H3. The van der Waals surface area contributed by atoms with Crippen LogP contribution in [0.2, 0.25) is 0 Å². The molecule has 1 atom stereocenters. The summed E-state index contributed by atoms with van der Waals surface area (Å²) in [5.41, 5.74) is 4.64. The van der Waals surface area contributed by atoms with E-state index in [2.05, 4.69) is 16.3 Å². The second kappa shape index (κ2) is 6.92. The number of fused-ring (bicyclic) bond motifs is 3. The molecule has 140 valence electrons. The zero-order valence-corrected chi connectivity index (χ0v) is 16.1. The summed E-state index contributed by atoms with van der Waals surface area (Å²) in [6.45, 7) is 0.366. The number of rotatable bonds is 4. The molecule has 0 amide bonds. The summed E-state index contributed by atoms with van der Waals surface area (Å²) in [5, 5.41) is 15.5. The van der Waals surface area contributed by atoms with Crippen LogP contribution in [0.3, 0.4) is 0 Å². The fourth-order valence-corrected chi connectivity index (χ4v) is 4.71. The summed E-state index contributed by atoms with van der Waals surface area (Å²) >= 11 is 1.69. The highest BCUT2D eigenvalue weighted by Gasteiger charge is 2.32. The summed E-state index contributed by atoms with van der Waals surface area (Å²) in [6, 6.07) is 14.1. The molecular weight excluding hydrogens is 372 g/mol. The van der Waals surface area contributed by atoms with E-state index in [0.717, 1.165) is 28.9 Å². The number of carbonyl (C=O) groups is 1. The number of ketones is 1. The van der Waals surface area contributed by atoms with Gasteiger partial charge in [-0.25, -0.2) is 4.52 Å². The first-order valence-corrected chi connectivity index (χ1v) is 10.0. The normalized spacial score (nSPS) is 16.5. The molecule has 5 rings (SSSR count). The van der Waals surface area contributed by atoms with Crippen LogP contribution in [0.15, 0.2) is 47.8 Å². The third kappa shape index (κ3) is 2.75. The Morgan fingerprint density at radius 2 is 2.00 bits per heavy atom. The number of thiophene rings is 1. The summed E-state index contributed by atoms with van der Waals surface area (Å²) in [4.78, 5) is 14.0. The van der Waals surface area contributed by atoms with Crippen LogP contribution in [0.1, 0.15) is 39.1 Å². The molecule has 0 fully saturated rings. The first-order chi connectivity index (χ1) is 13.8. The lowest BCUT2D eigenvalue weighted by molar-refractivity contribution is 0.0956. The van der Waals surface area contributed by atoms with E-state index < -0.39 is 0 Å². The number of carbonyl (C=O) groups excluding carboxylic acids is 1. The fraction of sp³-hybridized carbons (Fsp3) is 0.238. The van der Waals surface area contributed by atoms with Gasteiger partial charge in [-0.2, -0.15) is 5.10 Å². The summed E-state index contributed by atoms with van der Waals surface area (Å²) < 4.78 is 7.18. The van der Waals surface area contributed by atoms with Crippen molar-refractivity contribution in [2.45, 2.75) is 25.4 Å². The highest BCUT2D eigenvalue weighted by Crippen LogP contribution is 2.36. The quantitative estimate of drug-likeness (QED) is 0.528. The lowest BCUT2D eigenvalue weighted by Gasteiger charge is -2.21. The number of hydrogen-bond donors (Lipinski definition) is 0. The van der Waals surface area contributed by atoms with Crippen LogP contribution in [0.25, 0.3) is 16.8 Å². The van der Waals surface area contributed by atoms with Gasteiger partial charge in [-0.15, -0.1) is 21.5 Å². The van der Waals surface area contributed by atoms with Gasteiger partial charge < -0.3 is 4.74 Å². The van der Waals surface area contributed by atoms with Gasteiger partial charge in [-0.1, -0.05) is 36.4 Å². The van der Waals surface area contributed by atoms with Crippen LogP contribution in [0.5, 0.6) is 0 Å². The van der Waals surface area contributed by atoms with Crippen molar-refractivity contribution in [2.75, 3.05) is 7.11 Å². The van der Waals surface area contributed by atoms with Crippen molar-refractivity contribution in [3.8, 4) is 11.1 Å². The molecule has 0 aliphatic heterocycles. The number of hydrogen-bond acceptors (Lipinski definition) is 6. The first-order valence-electron chi connectivity index (χ1n) is 9.14. The Morgan fingerprint density at radius 3 is 2.75 bits per heavy atom. The second-order valence-electron chi connectivity index (χ2n) is 6.90. The Morgan fingerprint density at radius 1 is 1.14 bits per heavy atom. The smallest absolute Gasteiger partial charge is 0.185 e. The number of nitrogens with zero attached hydrogens (tertiary/aromatic N) is 4. The van der Waals surface area contributed by atoms with Crippen molar-refractivity contribution in [1.29, 1.82) is 0 Å². The third-order valence-corrected chi connectivity index (χ3v) is 6.17. The average Bonchev–Trinajstić information content (AvgIpc) is 3.37. The first kappa shape index (κ1) is 17.2. The molecule has 1 aliphatic carbocycles. The molecule has 6 nitrogen and oxygen atoms in total. The van der Waals surface area contributed by atoms with Gasteiger partial charge in [0.1, 0.15) is 0 Å². The molecule has 0 radical (unpaired) electrons. The van der Waals surface area contributed by atoms with Crippen LogP contribution < -0.4 is 0 Å². The zero-order valence-electron chi connectivity index (χ0n) is 15.3. The molecule has 0 saturated heterocycles. The van der Waals surface area contributed by atoms with Crippen molar-refractivity contribution in [3.05, 3.63) is 69.8 Å². The molecular formula is C21H18N4O2S. The minimum atomic E-state index is 0.0269. The van der Waals surface area contributed by atoms with Gasteiger partial charge in [0.2, 0.25) is 0 Å². The molecule has 0 saturated carbocycles. The number of Topliss-reactive ketones (excluding diaryl/α,β-unsaturated/α-hetero) is 1. The molecule has 3 heterocycles. The predicted octanol–water partition coefficient (Wildman–Crippen LogP) is 3.91. The van der Waals surface area contributed by atoms with Crippen LogP contribution in [0.4, 0.5) is 0 Å². The van der Waals surface area contributed by atoms with Crippen LogP contribution >= 0.6 is 11.3 Å². The van der Waals surface area contributed by atoms with E-state index in [1.165, 1.54) is 4.88 Å². The maximum Gasteiger partial charge on any atom is 0.185 e. The summed E-state index contributed by atoms with van der Waals surface area (Å²) in [7, 11) is 1.65. The van der Waals surface area contributed by atoms with Crippen molar-refractivity contribution >= 4 is 22.8 Å². The van der Waals surface area contributed by atoms with E-state index in [1.807, 2.05) is 41.8 Å². The fourth-order valence-electron chi connectivity index (χ4n) is 3.88. The van der Waals surface area contributed by atoms with E-state index in [0.29, 0.717) is 24.4 Å². The summed E-state index contributed by atoms with van der Waals surface area (Å²) in [6.07, 6.45) is 1.18. The van der Waals surface area contributed by atoms with Gasteiger partial charge in [0, 0.05) is 30.7 Å². The number of benzene rings is 1. The SMILES string of the molecule is COCc1nn2c3c(nnc2c1-c1ccccc1)C(=O)CC(c1cccs1)C3. The highest BCUT2D eigenvalue weighted by molar-refractivity contribution is 7.10. The number of aromatic nitrogens is 4. The molecule has 4 aromatic rings. The molecule has 7 heteroatoms. The van der Waals surface area contributed by atoms with Crippen LogP contribution in [-0.4, -0.2) is 32.7 Å². The molecule has 1 aromatic carbocycles.